The first-order valence-electron chi connectivity index (χ1n) is 10.9. The highest BCUT2D eigenvalue weighted by atomic mass is 32.1. The maximum absolute atomic E-state index is 13.4. The van der Waals surface area contributed by atoms with Crippen LogP contribution >= 0.6 is 11.3 Å². The Bertz CT molecular complexity index is 1120. The third-order valence-electron chi connectivity index (χ3n) is 7.43. The molecule has 3 saturated carbocycles. The molecule has 3 aliphatic carbocycles. The standard InChI is InChI=1S/C25H23NO3S/c1-2-13-9-10-16(29-25-26-18-5-3-4-6-19(18)30-25)12-17(13)22-23(27)20-14-7-8-15(11-14)21(20)24(22)28/h3-6,9-10,12,14-15,20-22H,2,7-8,11H2,1H3/t14-,15+,20-,21+,22?. The molecule has 3 aliphatic rings. The zero-order valence-electron chi connectivity index (χ0n) is 16.8. The number of benzene rings is 2. The molecule has 0 amide bonds. The minimum Gasteiger partial charge on any atom is -0.431 e. The molecule has 30 heavy (non-hydrogen) atoms. The van der Waals surface area contributed by atoms with Gasteiger partial charge >= 0.3 is 0 Å². The van der Waals surface area contributed by atoms with E-state index in [-0.39, 0.29) is 23.4 Å². The van der Waals surface area contributed by atoms with Gasteiger partial charge in [-0.3, -0.25) is 9.59 Å². The van der Waals surface area contributed by atoms with Gasteiger partial charge in [0.2, 0.25) is 0 Å². The van der Waals surface area contributed by atoms with E-state index < -0.39 is 5.92 Å². The molecule has 0 N–H and O–H groups in total. The summed E-state index contributed by atoms with van der Waals surface area (Å²) in [6.45, 7) is 2.07. The van der Waals surface area contributed by atoms with E-state index in [1.54, 1.807) is 0 Å². The third kappa shape index (κ3) is 2.61. The number of hydrogen-bond acceptors (Lipinski definition) is 5. The summed E-state index contributed by atoms with van der Waals surface area (Å²) in [5.74, 6) is 1.11. The molecule has 4 nitrogen and oxygen atoms in total. The number of aryl methyl sites for hydroxylation is 1. The van der Waals surface area contributed by atoms with Crippen LogP contribution in [0.4, 0.5) is 0 Å². The normalized spacial score (nSPS) is 29.7. The molecule has 2 aromatic carbocycles. The topological polar surface area (TPSA) is 56.3 Å². The maximum Gasteiger partial charge on any atom is 0.279 e. The van der Waals surface area contributed by atoms with E-state index in [1.807, 2.05) is 42.5 Å². The van der Waals surface area contributed by atoms with Crippen molar-refractivity contribution in [3.05, 3.63) is 53.6 Å². The van der Waals surface area contributed by atoms with Crippen LogP contribution in [0.25, 0.3) is 10.2 Å². The number of rotatable bonds is 4. The number of thiazole rings is 1. The molecule has 5 atom stereocenters. The summed E-state index contributed by atoms with van der Waals surface area (Å²) in [6.07, 6.45) is 4.08. The molecule has 1 heterocycles. The smallest absolute Gasteiger partial charge is 0.279 e. The van der Waals surface area contributed by atoms with Crippen molar-refractivity contribution in [3.8, 4) is 10.9 Å². The lowest BCUT2D eigenvalue weighted by atomic mass is 9.81. The molecular formula is C25H23NO3S. The predicted octanol–water partition coefficient (Wildman–Crippen LogP) is 5.55. The monoisotopic (exact) mass is 417 g/mol. The summed E-state index contributed by atoms with van der Waals surface area (Å²) in [7, 11) is 0. The molecule has 1 aromatic heterocycles. The minimum atomic E-state index is -0.614. The molecule has 6 rings (SSSR count). The molecule has 3 aromatic rings. The maximum atomic E-state index is 13.4. The van der Waals surface area contributed by atoms with Gasteiger partial charge in [-0.05, 0) is 72.9 Å². The quantitative estimate of drug-likeness (QED) is 0.522. The average molecular weight is 418 g/mol. The van der Waals surface area contributed by atoms with Crippen LogP contribution in [0.3, 0.4) is 0 Å². The second-order valence-electron chi connectivity index (χ2n) is 8.89. The molecular weight excluding hydrogens is 394 g/mol. The van der Waals surface area contributed by atoms with Crippen LogP contribution in [0.2, 0.25) is 0 Å². The first kappa shape index (κ1) is 18.3. The van der Waals surface area contributed by atoms with Crippen molar-refractivity contribution < 1.29 is 14.3 Å². The van der Waals surface area contributed by atoms with Gasteiger partial charge < -0.3 is 4.74 Å². The van der Waals surface area contributed by atoms with Crippen LogP contribution in [0.1, 0.15) is 43.2 Å². The number of fused-ring (bicyclic) bond motifs is 6. The van der Waals surface area contributed by atoms with Crippen molar-refractivity contribution in [2.45, 2.75) is 38.5 Å². The molecule has 1 unspecified atom stereocenters. The van der Waals surface area contributed by atoms with Crippen LogP contribution in [-0.2, 0) is 16.0 Å². The van der Waals surface area contributed by atoms with Gasteiger partial charge in [0.15, 0.2) is 11.6 Å². The van der Waals surface area contributed by atoms with Crippen LogP contribution in [0.5, 0.6) is 10.9 Å². The molecule has 152 valence electrons. The lowest BCUT2D eigenvalue weighted by Crippen LogP contribution is -2.24. The highest BCUT2D eigenvalue weighted by Gasteiger charge is 2.61. The fourth-order valence-electron chi connectivity index (χ4n) is 6.16. The lowest BCUT2D eigenvalue weighted by Gasteiger charge is -2.21. The van der Waals surface area contributed by atoms with Gasteiger partial charge in [0, 0.05) is 11.8 Å². The summed E-state index contributed by atoms with van der Waals surface area (Å²) < 4.78 is 7.14. The van der Waals surface area contributed by atoms with Gasteiger partial charge in [-0.1, -0.05) is 36.5 Å². The zero-order chi connectivity index (χ0) is 20.4. The van der Waals surface area contributed by atoms with Gasteiger partial charge in [-0.25, -0.2) is 4.98 Å². The van der Waals surface area contributed by atoms with Crippen molar-refractivity contribution in [2.75, 3.05) is 0 Å². The van der Waals surface area contributed by atoms with Crippen molar-refractivity contribution in [2.24, 2.45) is 23.7 Å². The Hall–Kier alpha value is -2.53. The Kier molecular flexibility index (Phi) is 4.10. The van der Waals surface area contributed by atoms with Crippen molar-refractivity contribution in [1.82, 2.24) is 4.98 Å². The summed E-state index contributed by atoms with van der Waals surface area (Å²) in [4.78, 5) is 31.3. The van der Waals surface area contributed by atoms with Crippen molar-refractivity contribution in [3.63, 3.8) is 0 Å². The molecule has 0 radical (unpaired) electrons. The van der Waals surface area contributed by atoms with E-state index >= 15 is 0 Å². The van der Waals surface area contributed by atoms with Gasteiger partial charge in [0.25, 0.3) is 5.19 Å². The largest absolute Gasteiger partial charge is 0.431 e. The fraction of sp³-hybridized carbons (Fsp3) is 0.400. The molecule has 5 heteroatoms. The van der Waals surface area contributed by atoms with E-state index in [4.69, 9.17) is 4.74 Å². The van der Waals surface area contributed by atoms with E-state index in [1.165, 1.54) is 11.3 Å². The Morgan fingerprint density at radius 2 is 1.77 bits per heavy atom. The zero-order valence-corrected chi connectivity index (χ0v) is 17.7. The number of carbonyl (C=O) groups excluding carboxylic acids is 2. The predicted molar refractivity (Wildman–Crippen MR) is 116 cm³/mol. The first-order valence-corrected chi connectivity index (χ1v) is 11.7. The van der Waals surface area contributed by atoms with Crippen molar-refractivity contribution in [1.29, 1.82) is 0 Å². The van der Waals surface area contributed by atoms with E-state index in [0.717, 1.165) is 47.0 Å². The average Bonchev–Trinajstić information content (AvgIpc) is 3.51. The third-order valence-corrected chi connectivity index (χ3v) is 8.35. The van der Waals surface area contributed by atoms with Gasteiger partial charge in [-0.15, -0.1) is 0 Å². The summed E-state index contributed by atoms with van der Waals surface area (Å²) in [5.41, 5.74) is 2.82. The van der Waals surface area contributed by atoms with Crippen LogP contribution in [0, 0.1) is 23.7 Å². The molecule has 0 aliphatic heterocycles. The minimum absolute atomic E-state index is 0.0419. The van der Waals surface area contributed by atoms with Crippen molar-refractivity contribution >= 4 is 33.1 Å². The Labute approximate surface area is 179 Å². The summed E-state index contributed by atoms with van der Waals surface area (Å²) in [5, 5.41) is 0.574. The number of hydrogen-bond donors (Lipinski definition) is 0. The molecule has 3 fully saturated rings. The number of nitrogens with zero attached hydrogens (tertiary/aromatic N) is 1. The number of para-hydroxylation sites is 1. The Balaban J connectivity index is 1.36. The number of aromatic nitrogens is 1. The Morgan fingerprint density at radius 3 is 2.47 bits per heavy atom. The molecule has 0 spiro atoms. The van der Waals surface area contributed by atoms with Gasteiger partial charge in [0.1, 0.15) is 11.7 Å². The number of ether oxygens (including phenoxy) is 1. The first-order chi connectivity index (χ1) is 14.6. The second-order valence-corrected chi connectivity index (χ2v) is 9.88. The van der Waals surface area contributed by atoms with Gasteiger partial charge in [0.05, 0.1) is 10.2 Å². The van der Waals surface area contributed by atoms with E-state index in [2.05, 4.69) is 11.9 Å². The van der Waals surface area contributed by atoms with E-state index in [0.29, 0.717) is 22.8 Å². The molecule has 2 bridgehead atoms. The number of Topliss-reactive ketones (excluding diaryl/α,β-unsaturated/α-hetero) is 2. The number of ketones is 2. The summed E-state index contributed by atoms with van der Waals surface area (Å²) in [6, 6.07) is 13.8. The van der Waals surface area contributed by atoms with Crippen LogP contribution in [0.15, 0.2) is 42.5 Å². The van der Waals surface area contributed by atoms with Gasteiger partial charge in [-0.2, -0.15) is 0 Å². The van der Waals surface area contributed by atoms with Crippen LogP contribution < -0.4 is 4.74 Å². The lowest BCUT2D eigenvalue weighted by molar-refractivity contribution is -0.125. The Morgan fingerprint density at radius 1 is 1.03 bits per heavy atom. The SMILES string of the molecule is CCc1ccc(Oc2nc3ccccc3s2)cc1C1C(=O)[C@@H]2[C@@H]3CC[C@@H](C3)[C@@H]2C1=O. The van der Waals surface area contributed by atoms with E-state index in [9.17, 15) is 9.59 Å². The highest BCUT2D eigenvalue weighted by Crippen LogP contribution is 2.59. The van der Waals surface area contributed by atoms with Crippen LogP contribution in [-0.4, -0.2) is 16.6 Å². The molecule has 0 saturated heterocycles. The number of carbonyl (C=O) groups is 2. The summed E-state index contributed by atoms with van der Waals surface area (Å²) >= 11 is 1.50. The fourth-order valence-corrected chi connectivity index (χ4v) is 7.00. The highest BCUT2D eigenvalue weighted by molar-refractivity contribution is 7.20. The second kappa shape index (κ2) is 6.74.